The van der Waals surface area contributed by atoms with Gasteiger partial charge in [-0.1, -0.05) is 25.1 Å². The first-order valence-corrected chi connectivity index (χ1v) is 7.72. The molecule has 5 heteroatoms. The molecule has 0 aliphatic heterocycles. The smallest absolute Gasteiger partial charge is 0.166 e. The Labute approximate surface area is 118 Å². The second-order valence-electron chi connectivity index (χ2n) is 4.51. The van der Waals surface area contributed by atoms with Gasteiger partial charge in [0.25, 0.3) is 0 Å². The van der Waals surface area contributed by atoms with Crippen molar-refractivity contribution in [2.75, 3.05) is 12.4 Å². The minimum absolute atomic E-state index is 0.238. The second kappa shape index (κ2) is 6.82. The molecule has 104 valence electrons. The van der Waals surface area contributed by atoms with E-state index in [4.69, 9.17) is 10.5 Å². The van der Waals surface area contributed by atoms with Gasteiger partial charge < -0.3 is 15.5 Å². The molecule has 0 saturated heterocycles. The Morgan fingerprint density at radius 2 is 2.26 bits per heavy atom. The molecule has 1 unspecified atom stereocenters. The van der Waals surface area contributed by atoms with Crippen LogP contribution < -0.4 is 10.5 Å². The first kappa shape index (κ1) is 14.2. The van der Waals surface area contributed by atoms with Crippen LogP contribution in [0.1, 0.15) is 26.7 Å². The topological polar surface area (TPSA) is 63.9 Å². The van der Waals surface area contributed by atoms with Gasteiger partial charge in [-0.3, -0.25) is 0 Å². The summed E-state index contributed by atoms with van der Waals surface area (Å²) in [5.41, 5.74) is 7.99. The van der Waals surface area contributed by atoms with Crippen LogP contribution in [0.15, 0.2) is 23.4 Å². The summed E-state index contributed by atoms with van der Waals surface area (Å²) in [6.45, 7) is 4.81. The molecule has 0 amide bonds. The molecule has 19 heavy (non-hydrogen) atoms. The zero-order valence-corrected chi connectivity index (χ0v) is 12.3. The van der Waals surface area contributed by atoms with Crippen molar-refractivity contribution < 1.29 is 4.74 Å². The molecule has 3 N–H and O–H groups in total. The molecule has 0 spiro atoms. The lowest BCUT2D eigenvalue weighted by atomic mass is 10.2. The van der Waals surface area contributed by atoms with Gasteiger partial charge in [0.2, 0.25) is 0 Å². The number of nitrogens with one attached hydrogen (secondary N) is 1. The van der Waals surface area contributed by atoms with Crippen molar-refractivity contribution in [3.8, 4) is 5.75 Å². The maximum atomic E-state index is 6.01. The van der Waals surface area contributed by atoms with Gasteiger partial charge in [-0.05, 0) is 25.5 Å². The van der Waals surface area contributed by atoms with Gasteiger partial charge >= 0.3 is 0 Å². The van der Waals surface area contributed by atoms with E-state index in [1.165, 1.54) is 0 Å². The molecule has 0 aliphatic rings. The zero-order chi connectivity index (χ0) is 13.7. The van der Waals surface area contributed by atoms with Crippen molar-refractivity contribution in [2.24, 2.45) is 5.73 Å². The van der Waals surface area contributed by atoms with E-state index >= 15 is 0 Å². The molecule has 1 aromatic carbocycles. The number of nitrogens with zero attached hydrogens (tertiary/aromatic N) is 1. The van der Waals surface area contributed by atoms with Gasteiger partial charge in [-0.15, -0.1) is 0 Å². The van der Waals surface area contributed by atoms with Crippen LogP contribution >= 0.6 is 11.8 Å². The lowest BCUT2D eigenvalue weighted by Crippen LogP contribution is -2.22. The molecule has 1 heterocycles. The molecule has 2 rings (SSSR count). The quantitative estimate of drug-likeness (QED) is 0.764. The first-order chi connectivity index (χ1) is 9.22. The summed E-state index contributed by atoms with van der Waals surface area (Å²) < 4.78 is 5.48. The van der Waals surface area contributed by atoms with Crippen molar-refractivity contribution >= 4 is 22.8 Å². The van der Waals surface area contributed by atoms with Crippen LogP contribution in [-0.2, 0) is 0 Å². The van der Waals surface area contributed by atoms with Crippen LogP contribution in [0.25, 0.3) is 11.0 Å². The van der Waals surface area contributed by atoms with Crippen molar-refractivity contribution in [3.05, 3.63) is 18.2 Å². The monoisotopic (exact) mass is 279 g/mol. The predicted octanol–water partition coefficient (Wildman–Crippen LogP) is 3.18. The highest BCUT2D eigenvalue weighted by Crippen LogP contribution is 2.23. The highest BCUT2D eigenvalue weighted by atomic mass is 32.2. The Bertz CT molecular complexity index is 526. The van der Waals surface area contributed by atoms with Gasteiger partial charge in [-0.25, -0.2) is 4.98 Å². The fourth-order valence-corrected chi connectivity index (χ4v) is 2.81. The zero-order valence-electron chi connectivity index (χ0n) is 11.5. The highest BCUT2D eigenvalue weighted by Gasteiger charge is 2.07. The largest absolute Gasteiger partial charge is 0.494 e. The molecule has 1 atom stereocenters. The number of hydrogen-bond donors (Lipinski definition) is 2. The fourth-order valence-electron chi connectivity index (χ4n) is 1.93. The number of aromatic amines is 1. The third kappa shape index (κ3) is 3.88. The number of H-pyrrole nitrogens is 1. The SMILES string of the molecule is CCCC(N)CSc1nc2ccc(OCC)cc2[nH]1. The number of ether oxygens (including phenoxy) is 1. The standard InChI is InChI=1S/C14H21N3OS/c1-3-5-10(15)9-19-14-16-12-7-6-11(18-4-2)8-13(12)17-14/h6-8,10H,3-5,9,15H2,1-2H3,(H,16,17). The summed E-state index contributed by atoms with van der Waals surface area (Å²) >= 11 is 1.68. The molecule has 0 bridgehead atoms. The maximum Gasteiger partial charge on any atom is 0.166 e. The second-order valence-corrected chi connectivity index (χ2v) is 5.52. The summed E-state index contributed by atoms with van der Waals surface area (Å²) in [6.07, 6.45) is 2.18. The molecular weight excluding hydrogens is 258 g/mol. The van der Waals surface area contributed by atoms with Gasteiger partial charge in [0.1, 0.15) is 5.75 Å². The summed E-state index contributed by atoms with van der Waals surface area (Å²) in [6, 6.07) is 6.15. The molecule has 0 aliphatic carbocycles. The summed E-state index contributed by atoms with van der Waals surface area (Å²) in [5, 5.41) is 0.926. The van der Waals surface area contributed by atoms with E-state index in [0.29, 0.717) is 6.61 Å². The molecule has 4 nitrogen and oxygen atoms in total. The van der Waals surface area contributed by atoms with Crippen LogP contribution in [0.2, 0.25) is 0 Å². The van der Waals surface area contributed by atoms with Crippen molar-refractivity contribution in [1.29, 1.82) is 0 Å². The number of rotatable bonds is 7. The predicted molar refractivity (Wildman–Crippen MR) is 80.9 cm³/mol. The van der Waals surface area contributed by atoms with Crippen molar-refractivity contribution in [1.82, 2.24) is 9.97 Å². The lowest BCUT2D eigenvalue weighted by Gasteiger charge is -2.07. The normalized spacial score (nSPS) is 12.8. The van der Waals surface area contributed by atoms with E-state index in [1.54, 1.807) is 11.8 Å². The third-order valence-electron chi connectivity index (χ3n) is 2.84. The van der Waals surface area contributed by atoms with Gasteiger partial charge in [-0.2, -0.15) is 0 Å². The molecule has 0 fully saturated rings. The van der Waals surface area contributed by atoms with E-state index < -0.39 is 0 Å². The molecule has 2 aromatic rings. The van der Waals surface area contributed by atoms with Gasteiger partial charge in [0, 0.05) is 17.9 Å². The van der Waals surface area contributed by atoms with Crippen LogP contribution in [-0.4, -0.2) is 28.4 Å². The number of fused-ring (bicyclic) bond motifs is 1. The Hall–Kier alpha value is -1.20. The van der Waals surface area contributed by atoms with Crippen LogP contribution in [0.3, 0.4) is 0 Å². The molecule has 0 saturated carbocycles. The first-order valence-electron chi connectivity index (χ1n) is 6.73. The van der Waals surface area contributed by atoms with E-state index in [-0.39, 0.29) is 6.04 Å². The van der Waals surface area contributed by atoms with E-state index in [0.717, 1.165) is 40.5 Å². The minimum atomic E-state index is 0.238. The van der Waals surface area contributed by atoms with Crippen molar-refractivity contribution in [3.63, 3.8) is 0 Å². The summed E-state index contributed by atoms with van der Waals surface area (Å²) in [4.78, 5) is 7.85. The number of imidazole rings is 1. The Morgan fingerprint density at radius 1 is 1.42 bits per heavy atom. The Morgan fingerprint density at radius 3 is 3.00 bits per heavy atom. The average Bonchev–Trinajstić information content (AvgIpc) is 2.79. The number of benzene rings is 1. The highest BCUT2D eigenvalue weighted by molar-refractivity contribution is 7.99. The molecular formula is C14H21N3OS. The van der Waals surface area contributed by atoms with Crippen LogP contribution in [0, 0.1) is 0 Å². The average molecular weight is 279 g/mol. The van der Waals surface area contributed by atoms with E-state index in [1.807, 2.05) is 25.1 Å². The van der Waals surface area contributed by atoms with E-state index in [2.05, 4.69) is 16.9 Å². The van der Waals surface area contributed by atoms with Crippen LogP contribution in [0.4, 0.5) is 0 Å². The van der Waals surface area contributed by atoms with Crippen molar-refractivity contribution in [2.45, 2.75) is 37.9 Å². The number of thioether (sulfide) groups is 1. The minimum Gasteiger partial charge on any atom is -0.494 e. The summed E-state index contributed by atoms with van der Waals surface area (Å²) in [5.74, 6) is 1.77. The third-order valence-corrected chi connectivity index (χ3v) is 3.90. The van der Waals surface area contributed by atoms with Gasteiger partial charge in [0.05, 0.1) is 17.6 Å². The summed E-state index contributed by atoms with van der Waals surface area (Å²) in [7, 11) is 0. The number of hydrogen-bond acceptors (Lipinski definition) is 4. The molecule has 0 radical (unpaired) electrons. The Balaban J connectivity index is 2.04. The fraction of sp³-hybridized carbons (Fsp3) is 0.500. The molecule has 1 aromatic heterocycles. The van der Waals surface area contributed by atoms with Gasteiger partial charge in [0.15, 0.2) is 5.16 Å². The van der Waals surface area contributed by atoms with Crippen LogP contribution in [0.5, 0.6) is 5.75 Å². The maximum absolute atomic E-state index is 6.01. The lowest BCUT2D eigenvalue weighted by molar-refractivity contribution is 0.340. The van der Waals surface area contributed by atoms with E-state index in [9.17, 15) is 0 Å². The number of aromatic nitrogens is 2. The Kier molecular flexibility index (Phi) is 5.10. The number of nitrogens with two attached hydrogens (primary N) is 1.